The van der Waals surface area contributed by atoms with Gasteiger partial charge in [-0.2, -0.15) is 0 Å². The summed E-state index contributed by atoms with van der Waals surface area (Å²) in [5.41, 5.74) is 4.37. The number of carbonyl (C=O) groups is 2. The van der Waals surface area contributed by atoms with Crippen LogP contribution in [0.1, 0.15) is 21.5 Å². The van der Waals surface area contributed by atoms with E-state index in [1.165, 1.54) is 4.90 Å². The molecular formula is C19H23N3O2. The standard InChI is InChI=1S/C19H23N3O2/c1-13-5-6-14(2)17(11-13)21-18(23)12-20-16-9-7-15(8-10-16)19(24)22(3)4/h5-11,20H,12H2,1-4H3,(H,21,23). The van der Waals surface area contributed by atoms with Gasteiger partial charge in [0.2, 0.25) is 5.91 Å². The van der Waals surface area contributed by atoms with Crippen LogP contribution in [0.2, 0.25) is 0 Å². The Morgan fingerprint density at radius 3 is 2.29 bits per heavy atom. The summed E-state index contributed by atoms with van der Waals surface area (Å²) in [5, 5.41) is 5.96. The normalized spacial score (nSPS) is 10.2. The fourth-order valence-corrected chi connectivity index (χ4v) is 2.24. The van der Waals surface area contributed by atoms with Crippen molar-refractivity contribution in [1.82, 2.24) is 4.90 Å². The zero-order valence-corrected chi connectivity index (χ0v) is 14.5. The lowest BCUT2D eigenvalue weighted by Crippen LogP contribution is -2.23. The van der Waals surface area contributed by atoms with Crippen LogP contribution < -0.4 is 10.6 Å². The molecular weight excluding hydrogens is 302 g/mol. The summed E-state index contributed by atoms with van der Waals surface area (Å²) in [5.74, 6) is -0.161. The van der Waals surface area contributed by atoms with Crippen LogP contribution in [0.3, 0.4) is 0 Å². The number of anilines is 2. The van der Waals surface area contributed by atoms with Crippen LogP contribution in [0, 0.1) is 13.8 Å². The van der Waals surface area contributed by atoms with Crippen molar-refractivity contribution >= 4 is 23.2 Å². The number of hydrogen-bond donors (Lipinski definition) is 2. The molecule has 2 N–H and O–H groups in total. The monoisotopic (exact) mass is 325 g/mol. The number of nitrogens with zero attached hydrogens (tertiary/aromatic N) is 1. The highest BCUT2D eigenvalue weighted by Crippen LogP contribution is 2.16. The minimum absolute atomic E-state index is 0.0470. The van der Waals surface area contributed by atoms with E-state index in [4.69, 9.17) is 0 Å². The molecule has 0 spiro atoms. The van der Waals surface area contributed by atoms with E-state index >= 15 is 0 Å². The van der Waals surface area contributed by atoms with Gasteiger partial charge in [0.25, 0.3) is 5.91 Å². The molecule has 5 heteroatoms. The molecule has 0 aliphatic heterocycles. The van der Waals surface area contributed by atoms with Gasteiger partial charge >= 0.3 is 0 Å². The van der Waals surface area contributed by atoms with Crippen molar-refractivity contribution in [3.63, 3.8) is 0 Å². The maximum Gasteiger partial charge on any atom is 0.253 e. The number of hydrogen-bond acceptors (Lipinski definition) is 3. The van der Waals surface area contributed by atoms with Crippen molar-refractivity contribution in [3.05, 3.63) is 59.2 Å². The third-order valence-corrected chi connectivity index (χ3v) is 3.66. The summed E-state index contributed by atoms with van der Waals surface area (Å²) >= 11 is 0. The average Bonchev–Trinajstić information content (AvgIpc) is 2.56. The van der Waals surface area contributed by atoms with Gasteiger partial charge in [-0.3, -0.25) is 9.59 Å². The molecule has 0 atom stereocenters. The quantitative estimate of drug-likeness (QED) is 0.888. The number of rotatable bonds is 5. The first-order valence-electron chi connectivity index (χ1n) is 7.79. The lowest BCUT2D eigenvalue weighted by atomic mass is 10.1. The molecule has 0 heterocycles. The fourth-order valence-electron chi connectivity index (χ4n) is 2.24. The van der Waals surface area contributed by atoms with E-state index < -0.39 is 0 Å². The smallest absolute Gasteiger partial charge is 0.253 e. The summed E-state index contributed by atoms with van der Waals surface area (Å²) in [6.07, 6.45) is 0. The summed E-state index contributed by atoms with van der Waals surface area (Å²) < 4.78 is 0. The Balaban J connectivity index is 1.92. The second kappa shape index (κ2) is 7.64. The van der Waals surface area contributed by atoms with E-state index in [1.54, 1.807) is 38.4 Å². The van der Waals surface area contributed by atoms with E-state index in [0.717, 1.165) is 22.5 Å². The SMILES string of the molecule is Cc1ccc(C)c(NC(=O)CNc2ccc(C(=O)N(C)C)cc2)c1. The molecule has 0 radical (unpaired) electrons. The van der Waals surface area contributed by atoms with Crippen molar-refractivity contribution in [2.24, 2.45) is 0 Å². The Morgan fingerprint density at radius 1 is 1.00 bits per heavy atom. The zero-order chi connectivity index (χ0) is 17.7. The van der Waals surface area contributed by atoms with E-state index in [1.807, 2.05) is 32.0 Å². The van der Waals surface area contributed by atoms with Crippen LogP contribution in [0.15, 0.2) is 42.5 Å². The van der Waals surface area contributed by atoms with Crippen LogP contribution in [-0.4, -0.2) is 37.4 Å². The predicted molar refractivity (Wildman–Crippen MR) is 97.5 cm³/mol. The lowest BCUT2D eigenvalue weighted by molar-refractivity contribution is -0.114. The maximum absolute atomic E-state index is 12.1. The summed E-state index contributed by atoms with van der Waals surface area (Å²) in [4.78, 5) is 25.4. The minimum Gasteiger partial charge on any atom is -0.376 e. The Morgan fingerprint density at radius 2 is 1.67 bits per heavy atom. The molecule has 0 unspecified atom stereocenters. The van der Waals surface area contributed by atoms with Crippen molar-refractivity contribution in [2.75, 3.05) is 31.3 Å². The number of nitrogens with one attached hydrogen (secondary N) is 2. The van der Waals surface area contributed by atoms with E-state index in [-0.39, 0.29) is 18.4 Å². The molecule has 2 rings (SSSR count). The minimum atomic E-state index is -0.114. The largest absolute Gasteiger partial charge is 0.376 e. The van der Waals surface area contributed by atoms with E-state index in [0.29, 0.717) is 5.56 Å². The summed E-state index contributed by atoms with van der Waals surface area (Å²) in [7, 11) is 3.43. The fraction of sp³-hybridized carbons (Fsp3) is 0.263. The molecule has 0 aliphatic carbocycles. The summed E-state index contributed by atoms with van der Waals surface area (Å²) in [6.45, 7) is 4.11. The van der Waals surface area contributed by atoms with Gasteiger partial charge < -0.3 is 15.5 Å². The average molecular weight is 325 g/mol. The van der Waals surface area contributed by atoms with Gasteiger partial charge in [0.1, 0.15) is 0 Å². The predicted octanol–water partition coefficient (Wildman–Crippen LogP) is 3.06. The first-order chi connectivity index (χ1) is 11.4. The van der Waals surface area contributed by atoms with Gasteiger partial charge in [-0.15, -0.1) is 0 Å². The topological polar surface area (TPSA) is 61.4 Å². The molecule has 0 saturated carbocycles. The van der Waals surface area contributed by atoms with Gasteiger partial charge in [-0.1, -0.05) is 12.1 Å². The first-order valence-corrected chi connectivity index (χ1v) is 7.79. The molecule has 126 valence electrons. The van der Waals surface area contributed by atoms with Gasteiger partial charge in [-0.25, -0.2) is 0 Å². The van der Waals surface area contributed by atoms with E-state index in [2.05, 4.69) is 10.6 Å². The Hall–Kier alpha value is -2.82. The highest BCUT2D eigenvalue weighted by Gasteiger charge is 2.08. The lowest BCUT2D eigenvalue weighted by Gasteiger charge is -2.12. The molecule has 0 fully saturated rings. The van der Waals surface area contributed by atoms with Gasteiger partial charge in [0.05, 0.1) is 6.54 Å². The molecule has 0 aromatic heterocycles. The summed E-state index contributed by atoms with van der Waals surface area (Å²) in [6, 6.07) is 13.0. The van der Waals surface area contributed by atoms with Crippen molar-refractivity contribution < 1.29 is 9.59 Å². The number of carbonyl (C=O) groups excluding carboxylic acids is 2. The highest BCUT2D eigenvalue weighted by molar-refractivity contribution is 5.95. The maximum atomic E-state index is 12.1. The van der Waals surface area contributed by atoms with Gasteiger partial charge in [0, 0.05) is 31.0 Å². The van der Waals surface area contributed by atoms with Crippen LogP contribution in [0.25, 0.3) is 0 Å². The first kappa shape index (κ1) is 17.5. The molecule has 0 bridgehead atoms. The molecule has 24 heavy (non-hydrogen) atoms. The Labute approximate surface area is 142 Å². The van der Waals surface area contributed by atoms with Crippen molar-refractivity contribution in [2.45, 2.75) is 13.8 Å². The third-order valence-electron chi connectivity index (χ3n) is 3.66. The highest BCUT2D eigenvalue weighted by atomic mass is 16.2. The number of aryl methyl sites for hydroxylation is 2. The van der Waals surface area contributed by atoms with Crippen LogP contribution >= 0.6 is 0 Å². The van der Waals surface area contributed by atoms with E-state index in [9.17, 15) is 9.59 Å². The molecule has 2 amide bonds. The van der Waals surface area contributed by atoms with Crippen molar-refractivity contribution in [1.29, 1.82) is 0 Å². The zero-order valence-electron chi connectivity index (χ0n) is 14.5. The van der Waals surface area contributed by atoms with Gasteiger partial charge in [-0.05, 0) is 55.3 Å². The Kier molecular flexibility index (Phi) is 5.58. The van der Waals surface area contributed by atoms with Gasteiger partial charge in [0.15, 0.2) is 0 Å². The molecule has 0 saturated heterocycles. The van der Waals surface area contributed by atoms with Crippen LogP contribution in [-0.2, 0) is 4.79 Å². The molecule has 5 nitrogen and oxygen atoms in total. The molecule has 0 aliphatic rings. The molecule has 2 aromatic carbocycles. The second-order valence-electron chi connectivity index (χ2n) is 6.00. The number of amides is 2. The van der Waals surface area contributed by atoms with Crippen molar-refractivity contribution in [3.8, 4) is 0 Å². The second-order valence-corrected chi connectivity index (χ2v) is 6.00. The van der Waals surface area contributed by atoms with Crippen LogP contribution in [0.4, 0.5) is 11.4 Å². The Bertz CT molecular complexity index is 737. The van der Waals surface area contributed by atoms with Crippen LogP contribution in [0.5, 0.6) is 0 Å². The third kappa shape index (κ3) is 4.59. The molecule has 2 aromatic rings. The number of benzene rings is 2.